The Labute approximate surface area is 157 Å². The first-order chi connectivity index (χ1) is 12.5. The Bertz CT molecular complexity index is 602. The maximum absolute atomic E-state index is 5.71. The maximum Gasteiger partial charge on any atom is 0.119 e. The number of hydrogen-bond acceptors (Lipinski definition) is 4. The number of rotatable bonds is 10. The molecule has 4 nitrogen and oxygen atoms in total. The number of hydrogen-bond donors (Lipinski definition) is 0. The highest BCUT2D eigenvalue weighted by Gasteiger charge is 1.99. The summed E-state index contributed by atoms with van der Waals surface area (Å²) in [5.41, 5.74) is 1.61. The molecule has 2 rings (SSSR count). The SMILES string of the molecule is CC(C)CCOc1ccc(N=Nc2ccc(OCCC(C)C)cc2)cc1. The van der Waals surface area contributed by atoms with Crippen molar-refractivity contribution in [2.45, 2.75) is 40.5 Å². The van der Waals surface area contributed by atoms with Gasteiger partial charge in [-0.25, -0.2) is 0 Å². The second-order valence-electron chi connectivity index (χ2n) is 7.25. The first-order valence-electron chi connectivity index (χ1n) is 9.40. The molecule has 2 aromatic carbocycles. The average molecular weight is 354 g/mol. The van der Waals surface area contributed by atoms with E-state index in [2.05, 4.69) is 37.9 Å². The lowest BCUT2D eigenvalue weighted by Crippen LogP contribution is -2.00. The Hall–Kier alpha value is -2.36. The van der Waals surface area contributed by atoms with Crippen molar-refractivity contribution in [2.24, 2.45) is 22.1 Å². The van der Waals surface area contributed by atoms with Crippen LogP contribution in [0.2, 0.25) is 0 Å². The van der Waals surface area contributed by atoms with E-state index in [4.69, 9.17) is 9.47 Å². The summed E-state index contributed by atoms with van der Waals surface area (Å²) in [5.74, 6) is 3.03. The summed E-state index contributed by atoms with van der Waals surface area (Å²) in [6.45, 7) is 10.2. The smallest absolute Gasteiger partial charge is 0.119 e. The monoisotopic (exact) mass is 354 g/mol. The molecule has 26 heavy (non-hydrogen) atoms. The minimum Gasteiger partial charge on any atom is -0.494 e. The number of ether oxygens (including phenoxy) is 2. The van der Waals surface area contributed by atoms with Gasteiger partial charge in [-0.1, -0.05) is 27.7 Å². The van der Waals surface area contributed by atoms with E-state index in [0.29, 0.717) is 11.8 Å². The van der Waals surface area contributed by atoms with Crippen LogP contribution in [0, 0.1) is 11.8 Å². The standard InChI is InChI=1S/C22H30N2O2/c1-17(2)13-15-25-21-9-5-19(6-10-21)23-24-20-7-11-22(12-8-20)26-16-14-18(3)4/h5-12,17-18H,13-16H2,1-4H3. The third-order valence-corrected chi connectivity index (χ3v) is 3.88. The predicted octanol–water partition coefficient (Wildman–Crippen LogP) is 6.95. The lowest BCUT2D eigenvalue weighted by molar-refractivity contribution is 0.289. The topological polar surface area (TPSA) is 43.2 Å². The van der Waals surface area contributed by atoms with Crippen LogP contribution in [0.3, 0.4) is 0 Å². The van der Waals surface area contributed by atoms with E-state index in [0.717, 1.165) is 48.9 Å². The molecule has 0 fully saturated rings. The van der Waals surface area contributed by atoms with E-state index >= 15 is 0 Å². The molecule has 0 aliphatic carbocycles. The Balaban J connectivity index is 1.83. The van der Waals surface area contributed by atoms with Crippen LogP contribution in [0.4, 0.5) is 11.4 Å². The highest BCUT2D eigenvalue weighted by molar-refractivity contribution is 5.44. The van der Waals surface area contributed by atoms with Gasteiger partial charge in [0.1, 0.15) is 11.5 Å². The third kappa shape index (κ3) is 7.68. The van der Waals surface area contributed by atoms with E-state index in [9.17, 15) is 0 Å². The van der Waals surface area contributed by atoms with Crippen LogP contribution >= 0.6 is 0 Å². The van der Waals surface area contributed by atoms with E-state index in [1.54, 1.807) is 0 Å². The molecule has 0 atom stereocenters. The minimum atomic E-state index is 0.648. The first kappa shape index (κ1) is 20.0. The summed E-state index contributed by atoms with van der Waals surface area (Å²) >= 11 is 0. The summed E-state index contributed by atoms with van der Waals surface area (Å²) in [6, 6.07) is 15.4. The van der Waals surface area contributed by atoms with Gasteiger partial charge in [-0.15, -0.1) is 0 Å². The molecular formula is C22H30N2O2. The van der Waals surface area contributed by atoms with Gasteiger partial charge in [-0.05, 0) is 73.2 Å². The molecule has 0 heterocycles. The summed E-state index contributed by atoms with van der Waals surface area (Å²) in [6.07, 6.45) is 2.11. The van der Waals surface area contributed by atoms with Crippen LogP contribution in [0.15, 0.2) is 58.8 Å². The van der Waals surface area contributed by atoms with Crippen LogP contribution in [0.25, 0.3) is 0 Å². The van der Waals surface area contributed by atoms with Gasteiger partial charge in [0.15, 0.2) is 0 Å². The molecule has 0 aromatic heterocycles. The largest absolute Gasteiger partial charge is 0.494 e. The van der Waals surface area contributed by atoms with Gasteiger partial charge >= 0.3 is 0 Å². The summed E-state index contributed by atoms with van der Waals surface area (Å²) in [5, 5.41) is 8.54. The fraction of sp³-hybridized carbons (Fsp3) is 0.455. The zero-order valence-electron chi connectivity index (χ0n) is 16.3. The van der Waals surface area contributed by atoms with Crippen LogP contribution < -0.4 is 9.47 Å². The normalized spacial score (nSPS) is 11.5. The Morgan fingerprint density at radius 2 is 0.962 bits per heavy atom. The quantitative estimate of drug-likeness (QED) is 0.433. The van der Waals surface area contributed by atoms with Gasteiger partial charge < -0.3 is 9.47 Å². The summed E-state index contributed by atoms with van der Waals surface area (Å²) < 4.78 is 11.4. The fourth-order valence-corrected chi connectivity index (χ4v) is 2.16. The van der Waals surface area contributed by atoms with Crippen molar-refractivity contribution in [3.05, 3.63) is 48.5 Å². The Kier molecular flexibility index (Phi) is 8.13. The Morgan fingerprint density at radius 1 is 0.615 bits per heavy atom. The maximum atomic E-state index is 5.71. The Morgan fingerprint density at radius 3 is 1.27 bits per heavy atom. The first-order valence-corrected chi connectivity index (χ1v) is 9.40. The highest BCUT2D eigenvalue weighted by atomic mass is 16.5. The average Bonchev–Trinajstić information content (AvgIpc) is 2.61. The van der Waals surface area contributed by atoms with Crippen molar-refractivity contribution in [1.29, 1.82) is 0 Å². The highest BCUT2D eigenvalue weighted by Crippen LogP contribution is 2.23. The molecule has 0 aliphatic heterocycles. The third-order valence-electron chi connectivity index (χ3n) is 3.88. The molecule has 0 bridgehead atoms. The molecule has 0 amide bonds. The summed E-state index contributed by atoms with van der Waals surface area (Å²) in [7, 11) is 0. The zero-order valence-corrected chi connectivity index (χ0v) is 16.3. The van der Waals surface area contributed by atoms with Crippen molar-refractivity contribution in [2.75, 3.05) is 13.2 Å². The van der Waals surface area contributed by atoms with Gasteiger partial charge in [0.05, 0.1) is 24.6 Å². The molecule has 140 valence electrons. The van der Waals surface area contributed by atoms with Crippen LogP contribution in [-0.2, 0) is 0 Å². The second-order valence-corrected chi connectivity index (χ2v) is 7.25. The molecule has 0 saturated carbocycles. The van der Waals surface area contributed by atoms with Crippen LogP contribution in [0.5, 0.6) is 11.5 Å². The van der Waals surface area contributed by atoms with Gasteiger partial charge in [-0.2, -0.15) is 10.2 Å². The van der Waals surface area contributed by atoms with Crippen molar-refractivity contribution >= 4 is 11.4 Å². The zero-order chi connectivity index (χ0) is 18.8. The molecule has 0 radical (unpaired) electrons. The van der Waals surface area contributed by atoms with E-state index in [-0.39, 0.29) is 0 Å². The number of nitrogens with zero attached hydrogens (tertiary/aromatic N) is 2. The van der Waals surface area contributed by atoms with E-state index in [1.165, 1.54) is 0 Å². The van der Waals surface area contributed by atoms with Crippen LogP contribution in [0.1, 0.15) is 40.5 Å². The van der Waals surface area contributed by atoms with Gasteiger partial charge in [0.2, 0.25) is 0 Å². The lowest BCUT2D eigenvalue weighted by Gasteiger charge is -2.08. The van der Waals surface area contributed by atoms with Crippen LogP contribution in [-0.4, -0.2) is 13.2 Å². The van der Waals surface area contributed by atoms with E-state index < -0.39 is 0 Å². The lowest BCUT2D eigenvalue weighted by atomic mass is 10.1. The van der Waals surface area contributed by atoms with Gasteiger partial charge in [0, 0.05) is 0 Å². The summed E-state index contributed by atoms with van der Waals surface area (Å²) in [4.78, 5) is 0. The number of benzene rings is 2. The molecule has 0 unspecified atom stereocenters. The van der Waals surface area contributed by atoms with Crippen molar-refractivity contribution in [3.8, 4) is 11.5 Å². The second kappa shape index (κ2) is 10.6. The molecule has 0 N–H and O–H groups in total. The number of azo groups is 1. The van der Waals surface area contributed by atoms with E-state index in [1.807, 2.05) is 48.5 Å². The molecule has 0 aliphatic rings. The molecule has 0 saturated heterocycles. The fourth-order valence-electron chi connectivity index (χ4n) is 2.16. The minimum absolute atomic E-state index is 0.648. The molecular weight excluding hydrogens is 324 g/mol. The van der Waals surface area contributed by atoms with Gasteiger partial charge in [0.25, 0.3) is 0 Å². The van der Waals surface area contributed by atoms with Crippen molar-refractivity contribution < 1.29 is 9.47 Å². The molecule has 0 spiro atoms. The van der Waals surface area contributed by atoms with Crippen molar-refractivity contribution in [3.63, 3.8) is 0 Å². The van der Waals surface area contributed by atoms with Crippen molar-refractivity contribution in [1.82, 2.24) is 0 Å². The predicted molar refractivity (Wildman–Crippen MR) is 107 cm³/mol. The molecule has 2 aromatic rings. The molecule has 4 heteroatoms. The van der Waals surface area contributed by atoms with Gasteiger partial charge in [-0.3, -0.25) is 0 Å².